The Morgan fingerprint density at radius 3 is 2.46 bits per heavy atom. The number of aliphatic imine (C=N–C) groups is 1. The highest BCUT2D eigenvalue weighted by molar-refractivity contribution is 5.79. The van der Waals surface area contributed by atoms with Gasteiger partial charge in [-0.2, -0.15) is 0 Å². The van der Waals surface area contributed by atoms with Gasteiger partial charge in [0.15, 0.2) is 5.96 Å². The number of nitrogens with zero attached hydrogens (tertiary/aromatic N) is 2. The summed E-state index contributed by atoms with van der Waals surface area (Å²) in [6.45, 7) is 17.1. The zero-order valence-electron chi connectivity index (χ0n) is 18.3. The smallest absolute Gasteiger partial charge is 0.191 e. The van der Waals surface area contributed by atoms with Gasteiger partial charge in [-0.15, -0.1) is 0 Å². The van der Waals surface area contributed by atoms with Gasteiger partial charge in [-0.3, -0.25) is 9.89 Å². The van der Waals surface area contributed by atoms with Crippen molar-refractivity contribution in [1.29, 1.82) is 0 Å². The maximum absolute atomic E-state index is 5.45. The average Bonchev–Trinajstić information content (AvgIpc) is 2.71. The van der Waals surface area contributed by atoms with E-state index in [9.17, 15) is 0 Å². The van der Waals surface area contributed by atoms with Crippen LogP contribution in [0.5, 0.6) is 0 Å². The number of morpholine rings is 1. The monoisotopic (exact) mass is 389 g/mol. The molecule has 1 fully saturated rings. The van der Waals surface area contributed by atoms with Gasteiger partial charge in [0.25, 0.3) is 0 Å². The zero-order valence-corrected chi connectivity index (χ0v) is 18.3. The summed E-state index contributed by atoms with van der Waals surface area (Å²) in [5, 5.41) is 10.6. The van der Waals surface area contributed by atoms with Crippen molar-refractivity contribution in [3.05, 3.63) is 35.9 Å². The fraction of sp³-hybridized carbons (Fsp3) is 0.682. The molecule has 6 nitrogen and oxygen atoms in total. The Hall–Kier alpha value is -1.63. The van der Waals surface area contributed by atoms with E-state index in [2.05, 4.69) is 85.8 Å². The maximum Gasteiger partial charge on any atom is 0.191 e. The van der Waals surface area contributed by atoms with Crippen LogP contribution in [0.3, 0.4) is 0 Å². The molecule has 0 bridgehead atoms. The molecule has 28 heavy (non-hydrogen) atoms. The van der Waals surface area contributed by atoms with E-state index in [0.29, 0.717) is 12.6 Å². The molecule has 1 aromatic rings. The van der Waals surface area contributed by atoms with E-state index in [-0.39, 0.29) is 11.6 Å². The zero-order chi connectivity index (χ0) is 20.4. The lowest BCUT2D eigenvalue weighted by Gasteiger charge is -2.33. The quantitative estimate of drug-likeness (QED) is 0.447. The fourth-order valence-electron chi connectivity index (χ4n) is 3.47. The lowest BCUT2D eigenvalue weighted by atomic mass is 10.0. The standard InChI is InChI=1S/C22H39N5O/c1-6-23-21(24-16-18(2)27-12-14-28-15-13-27)25-17-22(4,5)26-19(3)20-10-8-7-9-11-20/h7-11,18-19,26H,6,12-17H2,1-5H3,(H2,23,24,25). The van der Waals surface area contributed by atoms with Crippen molar-refractivity contribution in [2.45, 2.75) is 52.2 Å². The summed E-state index contributed by atoms with van der Waals surface area (Å²) in [5.41, 5.74) is 1.19. The predicted molar refractivity (Wildman–Crippen MR) is 118 cm³/mol. The summed E-state index contributed by atoms with van der Waals surface area (Å²) >= 11 is 0. The first kappa shape index (κ1) is 22.7. The second-order valence-corrected chi connectivity index (χ2v) is 8.23. The molecule has 1 heterocycles. The minimum atomic E-state index is -0.104. The van der Waals surface area contributed by atoms with Crippen LogP contribution < -0.4 is 16.0 Å². The van der Waals surface area contributed by atoms with Crippen LogP contribution in [-0.2, 0) is 4.74 Å². The highest BCUT2D eigenvalue weighted by Crippen LogP contribution is 2.16. The summed E-state index contributed by atoms with van der Waals surface area (Å²) in [7, 11) is 0. The highest BCUT2D eigenvalue weighted by atomic mass is 16.5. The van der Waals surface area contributed by atoms with E-state index >= 15 is 0 Å². The van der Waals surface area contributed by atoms with E-state index in [1.807, 2.05) is 0 Å². The third-order valence-corrected chi connectivity index (χ3v) is 5.12. The average molecular weight is 390 g/mol. The van der Waals surface area contributed by atoms with Gasteiger partial charge in [0.1, 0.15) is 0 Å². The van der Waals surface area contributed by atoms with Crippen LogP contribution in [0.15, 0.2) is 35.3 Å². The Bertz CT molecular complexity index is 584. The second kappa shape index (κ2) is 11.4. The molecule has 1 aromatic carbocycles. The number of guanidine groups is 1. The summed E-state index contributed by atoms with van der Waals surface area (Å²) in [6, 6.07) is 11.3. The van der Waals surface area contributed by atoms with Gasteiger partial charge >= 0.3 is 0 Å². The lowest BCUT2D eigenvalue weighted by Crippen LogP contribution is -2.50. The molecule has 1 saturated heterocycles. The number of rotatable bonds is 9. The van der Waals surface area contributed by atoms with E-state index in [4.69, 9.17) is 9.73 Å². The molecule has 0 amide bonds. The van der Waals surface area contributed by atoms with E-state index in [0.717, 1.165) is 45.4 Å². The molecular formula is C22H39N5O. The number of ether oxygens (including phenoxy) is 1. The topological polar surface area (TPSA) is 60.9 Å². The van der Waals surface area contributed by atoms with E-state index < -0.39 is 0 Å². The fourth-order valence-corrected chi connectivity index (χ4v) is 3.47. The molecule has 0 radical (unpaired) electrons. The van der Waals surface area contributed by atoms with Crippen LogP contribution in [-0.4, -0.2) is 68.4 Å². The molecule has 2 rings (SSSR count). The molecule has 0 aliphatic carbocycles. The number of hydrogen-bond donors (Lipinski definition) is 3. The van der Waals surface area contributed by atoms with Crippen molar-refractivity contribution in [2.75, 3.05) is 45.9 Å². The number of nitrogens with one attached hydrogen (secondary N) is 3. The summed E-state index contributed by atoms with van der Waals surface area (Å²) in [4.78, 5) is 7.30. The molecule has 2 unspecified atom stereocenters. The largest absolute Gasteiger partial charge is 0.379 e. The van der Waals surface area contributed by atoms with Crippen molar-refractivity contribution >= 4 is 5.96 Å². The van der Waals surface area contributed by atoms with Gasteiger partial charge in [-0.05, 0) is 40.2 Å². The van der Waals surface area contributed by atoms with Crippen LogP contribution in [0.2, 0.25) is 0 Å². The third-order valence-electron chi connectivity index (χ3n) is 5.12. The van der Waals surface area contributed by atoms with Crippen LogP contribution in [0.25, 0.3) is 0 Å². The Kier molecular flexibility index (Phi) is 9.22. The van der Waals surface area contributed by atoms with Crippen molar-refractivity contribution in [1.82, 2.24) is 20.9 Å². The summed E-state index contributed by atoms with van der Waals surface area (Å²) in [5.74, 6) is 0.879. The first-order valence-electron chi connectivity index (χ1n) is 10.6. The lowest BCUT2D eigenvalue weighted by molar-refractivity contribution is 0.0211. The second-order valence-electron chi connectivity index (χ2n) is 8.23. The van der Waals surface area contributed by atoms with Crippen LogP contribution in [0.4, 0.5) is 0 Å². The van der Waals surface area contributed by atoms with Gasteiger partial charge in [-0.25, -0.2) is 0 Å². The van der Waals surface area contributed by atoms with Crippen molar-refractivity contribution in [3.8, 4) is 0 Å². The highest BCUT2D eigenvalue weighted by Gasteiger charge is 2.21. The minimum Gasteiger partial charge on any atom is -0.379 e. The van der Waals surface area contributed by atoms with Crippen molar-refractivity contribution in [2.24, 2.45) is 4.99 Å². The molecule has 0 spiro atoms. The van der Waals surface area contributed by atoms with Crippen molar-refractivity contribution < 1.29 is 4.74 Å². The molecule has 6 heteroatoms. The van der Waals surface area contributed by atoms with Crippen LogP contribution in [0.1, 0.15) is 46.2 Å². The Labute approximate surface area is 171 Å². The Balaban J connectivity index is 1.87. The maximum atomic E-state index is 5.45. The summed E-state index contributed by atoms with van der Waals surface area (Å²) in [6.07, 6.45) is 0. The predicted octanol–water partition coefficient (Wildman–Crippen LogP) is 2.39. The van der Waals surface area contributed by atoms with E-state index in [1.54, 1.807) is 0 Å². The normalized spacial score (nSPS) is 18.5. The first-order valence-corrected chi connectivity index (χ1v) is 10.6. The SMILES string of the molecule is CCNC(=NCC(C)(C)NC(C)c1ccccc1)NCC(C)N1CCOCC1. The summed E-state index contributed by atoms with van der Waals surface area (Å²) < 4.78 is 5.45. The van der Waals surface area contributed by atoms with Crippen LogP contribution >= 0.6 is 0 Å². The molecule has 1 aliphatic heterocycles. The molecule has 0 aromatic heterocycles. The molecular weight excluding hydrogens is 350 g/mol. The minimum absolute atomic E-state index is 0.104. The molecule has 1 aliphatic rings. The number of benzene rings is 1. The Morgan fingerprint density at radius 1 is 1.14 bits per heavy atom. The molecule has 3 N–H and O–H groups in total. The molecule has 158 valence electrons. The Morgan fingerprint density at radius 2 is 1.82 bits per heavy atom. The number of hydrogen-bond acceptors (Lipinski definition) is 4. The first-order chi connectivity index (χ1) is 13.4. The third kappa shape index (κ3) is 7.78. The molecule has 2 atom stereocenters. The van der Waals surface area contributed by atoms with Gasteiger partial charge in [0, 0.05) is 43.8 Å². The van der Waals surface area contributed by atoms with Gasteiger partial charge in [0.2, 0.25) is 0 Å². The van der Waals surface area contributed by atoms with Gasteiger partial charge < -0.3 is 20.7 Å². The van der Waals surface area contributed by atoms with Crippen LogP contribution in [0, 0.1) is 0 Å². The van der Waals surface area contributed by atoms with Crippen molar-refractivity contribution in [3.63, 3.8) is 0 Å². The van der Waals surface area contributed by atoms with E-state index in [1.165, 1.54) is 5.56 Å². The van der Waals surface area contributed by atoms with Gasteiger partial charge in [0.05, 0.1) is 19.8 Å². The molecule has 0 saturated carbocycles. The van der Waals surface area contributed by atoms with Gasteiger partial charge in [-0.1, -0.05) is 30.3 Å².